The van der Waals surface area contributed by atoms with Crippen LogP contribution in [-0.4, -0.2) is 21.0 Å². The minimum absolute atomic E-state index is 0.188. The summed E-state index contributed by atoms with van der Waals surface area (Å²) >= 11 is 5.87. The fourth-order valence-electron chi connectivity index (χ4n) is 2.01. The maximum absolute atomic E-state index is 12.3. The van der Waals surface area contributed by atoms with Crippen molar-refractivity contribution in [3.63, 3.8) is 0 Å². The number of methoxy groups -OCH3 is 1. The number of hydrogen-bond donors (Lipinski definition) is 1. The van der Waals surface area contributed by atoms with E-state index in [2.05, 4.69) is 9.71 Å². The van der Waals surface area contributed by atoms with Gasteiger partial charge in [0.05, 0.1) is 22.8 Å². The third-order valence-corrected chi connectivity index (χ3v) is 5.33. The Morgan fingerprint density at radius 3 is 2.36 bits per heavy atom. The van der Waals surface area contributed by atoms with E-state index >= 15 is 0 Å². The van der Waals surface area contributed by atoms with Crippen LogP contribution in [0, 0.1) is 0 Å². The quantitative estimate of drug-likeness (QED) is 0.790. The van der Waals surface area contributed by atoms with Crippen LogP contribution in [0.4, 0.5) is 0 Å². The highest BCUT2D eigenvalue weighted by atomic mass is 35.5. The van der Waals surface area contributed by atoms with Crippen molar-refractivity contribution in [2.45, 2.75) is 38.5 Å². The number of ether oxygens (including phenoxy) is 2. The lowest BCUT2D eigenvalue weighted by Crippen LogP contribution is -2.35. The maximum Gasteiger partial charge on any atom is 0.222 e. The molecule has 1 aromatic heterocycles. The Morgan fingerprint density at radius 2 is 1.80 bits per heavy atom. The number of nitrogens with one attached hydrogen (secondary N) is 1. The molecule has 0 saturated carbocycles. The summed E-state index contributed by atoms with van der Waals surface area (Å²) in [5.74, 6) is 1.47. The molecule has 0 radical (unpaired) electrons. The average Bonchev–Trinajstić information content (AvgIpc) is 2.55. The highest BCUT2D eigenvalue weighted by molar-refractivity contribution is 7.84. The molecule has 0 spiro atoms. The molecule has 0 saturated heterocycles. The van der Waals surface area contributed by atoms with Crippen LogP contribution >= 0.6 is 11.6 Å². The van der Waals surface area contributed by atoms with Gasteiger partial charge in [0.25, 0.3) is 0 Å². The molecule has 0 aliphatic rings. The molecule has 0 amide bonds. The normalized spacial score (nSPS) is 14.0. The van der Waals surface area contributed by atoms with Crippen molar-refractivity contribution in [1.82, 2.24) is 9.71 Å². The van der Waals surface area contributed by atoms with Crippen LogP contribution in [0.5, 0.6) is 17.5 Å². The fraction of sp³-hybridized carbons (Fsp3) is 0.389. The van der Waals surface area contributed by atoms with Crippen molar-refractivity contribution in [2.24, 2.45) is 0 Å². The molecule has 2 aromatic rings. The fourth-order valence-corrected chi connectivity index (χ4v) is 2.94. The standard InChI is InChI=1S/C18H23ClN2O3S/c1-12(21-25(22)18(2,3)4)15-10-11-16(20-17(15)23-5)24-14-8-6-13(19)7-9-14/h6-12,21H,1-5H3/t12-,25+/m0/s1. The van der Waals surface area contributed by atoms with Crippen molar-refractivity contribution in [1.29, 1.82) is 0 Å². The van der Waals surface area contributed by atoms with Gasteiger partial charge in [-0.25, -0.2) is 8.93 Å². The number of hydrogen-bond acceptors (Lipinski definition) is 4. The molecule has 0 bridgehead atoms. The van der Waals surface area contributed by atoms with Gasteiger partial charge >= 0.3 is 0 Å². The maximum atomic E-state index is 12.3. The van der Waals surface area contributed by atoms with E-state index in [0.29, 0.717) is 22.5 Å². The molecule has 0 fully saturated rings. The largest absolute Gasteiger partial charge is 0.481 e. The highest BCUT2D eigenvalue weighted by Crippen LogP contribution is 2.29. The number of benzene rings is 1. The molecular formula is C18H23ClN2O3S. The first kappa shape index (κ1) is 19.7. The lowest BCUT2D eigenvalue weighted by molar-refractivity contribution is 0.375. The second-order valence-corrected chi connectivity index (χ2v) is 8.96. The molecule has 2 atom stereocenters. The van der Waals surface area contributed by atoms with Crippen LogP contribution in [0.15, 0.2) is 36.4 Å². The van der Waals surface area contributed by atoms with Crippen LogP contribution in [0.3, 0.4) is 0 Å². The first-order valence-electron chi connectivity index (χ1n) is 7.87. The van der Waals surface area contributed by atoms with Crippen LogP contribution in [0.2, 0.25) is 5.02 Å². The van der Waals surface area contributed by atoms with Crippen molar-refractivity contribution >= 4 is 22.6 Å². The van der Waals surface area contributed by atoms with E-state index in [0.717, 1.165) is 5.56 Å². The molecule has 136 valence electrons. The summed E-state index contributed by atoms with van der Waals surface area (Å²) in [4.78, 5) is 4.38. The molecule has 1 aromatic carbocycles. The molecule has 0 aliphatic carbocycles. The van der Waals surface area contributed by atoms with Gasteiger partial charge in [-0.1, -0.05) is 11.6 Å². The Labute approximate surface area is 156 Å². The summed E-state index contributed by atoms with van der Waals surface area (Å²) in [6.07, 6.45) is 0. The molecule has 7 heteroatoms. The summed E-state index contributed by atoms with van der Waals surface area (Å²) in [5.41, 5.74) is 0.809. The zero-order valence-electron chi connectivity index (χ0n) is 15.0. The molecule has 25 heavy (non-hydrogen) atoms. The minimum Gasteiger partial charge on any atom is -0.481 e. The van der Waals surface area contributed by atoms with Crippen molar-refractivity contribution in [3.8, 4) is 17.5 Å². The van der Waals surface area contributed by atoms with Gasteiger partial charge in [-0.05, 0) is 58.0 Å². The molecule has 5 nitrogen and oxygen atoms in total. The molecule has 2 rings (SSSR count). The number of halogens is 1. The molecule has 1 N–H and O–H groups in total. The Hall–Kier alpha value is -1.63. The Morgan fingerprint density at radius 1 is 1.16 bits per heavy atom. The lowest BCUT2D eigenvalue weighted by Gasteiger charge is -2.23. The number of rotatable bonds is 6. The van der Waals surface area contributed by atoms with E-state index in [1.807, 2.05) is 33.8 Å². The zero-order valence-corrected chi connectivity index (χ0v) is 16.6. The summed E-state index contributed by atoms with van der Waals surface area (Å²) in [7, 11) is 0.353. The summed E-state index contributed by atoms with van der Waals surface area (Å²) in [5, 5.41) is 0.639. The van der Waals surface area contributed by atoms with Gasteiger partial charge < -0.3 is 9.47 Å². The van der Waals surface area contributed by atoms with Gasteiger partial charge in [0, 0.05) is 22.7 Å². The third kappa shape index (κ3) is 5.42. The number of aromatic nitrogens is 1. The Kier molecular flexibility index (Phi) is 6.43. The first-order chi connectivity index (χ1) is 11.7. The average molecular weight is 383 g/mol. The molecule has 0 unspecified atom stereocenters. The second kappa shape index (κ2) is 8.17. The first-order valence-corrected chi connectivity index (χ1v) is 9.40. The van der Waals surface area contributed by atoms with Crippen LogP contribution in [0.25, 0.3) is 0 Å². The lowest BCUT2D eigenvalue weighted by atomic mass is 10.1. The molecular weight excluding hydrogens is 360 g/mol. The van der Waals surface area contributed by atoms with Crippen LogP contribution in [0.1, 0.15) is 39.3 Å². The SMILES string of the molecule is COc1nc(Oc2ccc(Cl)cc2)ccc1[C@H](C)N[S@](=O)C(C)(C)C. The summed E-state index contributed by atoms with van der Waals surface area (Å²) < 4.78 is 26.1. The second-order valence-electron chi connectivity index (χ2n) is 6.52. The van der Waals surface area contributed by atoms with E-state index in [1.54, 1.807) is 37.4 Å². The van der Waals surface area contributed by atoms with Crippen molar-refractivity contribution < 1.29 is 13.7 Å². The number of nitrogens with zero attached hydrogens (tertiary/aromatic N) is 1. The Balaban J connectivity index is 2.18. The van der Waals surface area contributed by atoms with Gasteiger partial charge in [0.15, 0.2) is 0 Å². The van der Waals surface area contributed by atoms with Gasteiger partial charge in [-0.3, -0.25) is 0 Å². The highest BCUT2D eigenvalue weighted by Gasteiger charge is 2.23. The smallest absolute Gasteiger partial charge is 0.222 e. The van der Waals surface area contributed by atoms with E-state index in [4.69, 9.17) is 21.1 Å². The van der Waals surface area contributed by atoms with E-state index < -0.39 is 11.0 Å². The van der Waals surface area contributed by atoms with Gasteiger partial charge in [-0.15, -0.1) is 0 Å². The minimum atomic E-state index is -1.19. The van der Waals surface area contributed by atoms with Gasteiger partial charge in [-0.2, -0.15) is 4.98 Å². The molecule has 1 heterocycles. The van der Waals surface area contributed by atoms with E-state index in [1.165, 1.54) is 0 Å². The van der Waals surface area contributed by atoms with Crippen LogP contribution < -0.4 is 14.2 Å². The number of pyridine rings is 1. The molecule has 0 aliphatic heterocycles. The Bertz CT molecular complexity index is 745. The predicted molar refractivity (Wildman–Crippen MR) is 102 cm³/mol. The van der Waals surface area contributed by atoms with Crippen LogP contribution in [-0.2, 0) is 11.0 Å². The van der Waals surface area contributed by atoms with Gasteiger partial charge in [0.2, 0.25) is 11.8 Å². The zero-order chi connectivity index (χ0) is 18.6. The van der Waals surface area contributed by atoms with Gasteiger partial charge in [0.1, 0.15) is 5.75 Å². The third-order valence-electron chi connectivity index (χ3n) is 3.40. The topological polar surface area (TPSA) is 60.5 Å². The monoisotopic (exact) mass is 382 g/mol. The van der Waals surface area contributed by atoms with E-state index in [9.17, 15) is 4.21 Å². The van der Waals surface area contributed by atoms with Crippen molar-refractivity contribution in [3.05, 3.63) is 47.0 Å². The van der Waals surface area contributed by atoms with E-state index in [-0.39, 0.29) is 10.8 Å². The van der Waals surface area contributed by atoms with Crippen molar-refractivity contribution in [2.75, 3.05) is 7.11 Å². The summed E-state index contributed by atoms with van der Waals surface area (Å²) in [6, 6.07) is 10.4. The summed E-state index contributed by atoms with van der Waals surface area (Å²) in [6.45, 7) is 7.67. The predicted octanol–water partition coefficient (Wildman–Crippen LogP) is 4.65.